The van der Waals surface area contributed by atoms with Gasteiger partial charge in [-0.2, -0.15) is 5.10 Å². The van der Waals surface area contributed by atoms with Gasteiger partial charge < -0.3 is 14.9 Å². The highest BCUT2D eigenvalue weighted by molar-refractivity contribution is 5.91. The quantitative estimate of drug-likeness (QED) is 0.803. The number of hydrogen-bond donors (Lipinski definition) is 3. The average molecular weight is 306 g/mol. The summed E-state index contributed by atoms with van der Waals surface area (Å²) < 4.78 is 5.02. The third-order valence-electron chi connectivity index (χ3n) is 3.67. The molecule has 0 aromatic carbocycles. The van der Waals surface area contributed by atoms with E-state index < -0.39 is 0 Å². The van der Waals surface area contributed by atoms with Crippen LogP contribution in [0.25, 0.3) is 0 Å². The van der Waals surface area contributed by atoms with E-state index in [1.54, 1.807) is 6.07 Å². The summed E-state index contributed by atoms with van der Waals surface area (Å²) in [7, 11) is 1.00. The van der Waals surface area contributed by atoms with Crippen LogP contribution >= 0.6 is 0 Å². The fourth-order valence-corrected chi connectivity index (χ4v) is 2.69. The van der Waals surface area contributed by atoms with Gasteiger partial charge in [0.15, 0.2) is 5.82 Å². The van der Waals surface area contributed by atoms with Crippen LogP contribution in [-0.2, 0) is 11.2 Å². The average Bonchev–Trinajstić information content (AvgIpc) is 3.22. The van der Waals surface area contributed by atoms with Crippen molar-refractivity contribution in [2.45, 2.75) is 44.9 Å². The highest BCUT2D eigenvalue weighted by atomic mass is 16.5. The van der Waals surface area contributed by atoms with E-state index in [0.29, 0.717) is 17.5 Å². The number of nitrogens with one attached hydrogen (secondary N) is 2. The van der Waals surface area contributed by atoms with Crippen molar-refractivity contribution < 1.29 is 14.4 Å². The lowest BCUT2D eigenvalue weighted by Crippen LogP contribution is -2.14. The number of nitrogens with zero attached hydrogens (tertiary/aromatic N) is 2. The van der Waals surface area contributed by atoms with E-state index in [0.717, 1.165) is 18.5 Å². The summed E-state index contributed by atoms with van der Waals surface area (Å²) in [4.78, 5) is 11.9. The second-order valence-corrected chi connectivity index (χ2v) is 5.35. The van der Waals surface area contributed by atoms with E-state index in [9.17, 15) is 4.79 Å². The molecule has 0 atom stereocenters. The number of carbonyl (C=O) groups excluding carboxylic acids is 1. The summed E-state index contributed by atoms with van der Waals surface area (Å²) >= 11 is 0. The minimum atomic E-state index is -0.148. The van der Waals surface area contributed by atoms with Crippen LogP contribution in [0.3, 0.4) is 0 Å². The molecule has 1 aliphatic carbocycles. The van der Waals surface area contributed by atoms with Gasteiger partial charge in [0.1, 0.15) is 5.76 Å². The summed E-state index contributed by atoms with van der Waals surface area (Å²) in [5.41, 5.74) is 1.89. The fourth-order valence-electron chi connectivity index (χ4n) is 2.69. The van der Waals surface area contributed by atoms with Crippen LogP contribution in [0.15, 0.2) is 16.7 Å². The molecule has 22 heavy (non-hydrogen) atoms. The van der Waals surface area contributed by atoms with Gasteiger partial charge in [-0.25, -0.2) is 0 Å². The molecule has 0 spiro atoms. The molecule has 1 aliphatic rings. The topological polar surface area (TPSA) is 104 Å². The maximum absolute atomic E-state index is 11.9. The molecule has 1 fully saturated rings. The molecular weight excluding hydrogens is 284 g/mol. The standard InChI is InChI=1S/C14H18N4O2.CH4O/c1-9-6-11(20-18-9)7-14(19)15-13-8-12(16-17-13)10-4-2-3-5-10;1-2/h6,8,10H,2-5,7H2,1H3,(H2,15,16,17,19);2H,1H3. The van der Waals surface area contributed by atoms with Gasteiger partial charge in [-0.15, -0.1) is 0 Å². The number of hydrogen-bond acceptors (Lipinski definition) is 5. The van der Waals surface area contributed by atoms with Crippen molar-refractivity contribution in [1.29, 1.82) is 0 Å². The number of anilines is 1. The summed E-state index contributed by atoms with van der Waals surface area (Å²) in [6.45, 7) is 1.83. The molecular formula is C15H22N4O3. The van der Waals surface area contributed by atoms with Crippen LogP contribution in [0.1, 0.15) is 48.7 Å². The van der Waals surface area contributed by atoms with Crippen LogP contribution < -0.4 is 5.32 Å². The van der Waals surface area contributed by atoms with Gasteiger partial charge in [0.05, 0.1) is 12.1 Å². The molecule has 0 unspecified atom stereocenters. The third-order valence-corrected chi connectivity index (χ3v) is 3.67. The second kappa shape index (κ2) is 7.74. The van der Waals surface area contributed by atoms with E-state index in [-0.39, 0.29) is 12.3 Å². The van der Waals surface area contributed by atoms with Gasteiger partial charge in [0, 0.05) is 30.9 Å². The first-order chi connectivity index (χ1) is 10.7. The summed E-state index contributed by atoms with van der Waals surface area (Å²) in [5, 5.41) is 20.7. The number of aryl methyl sites for hydroxylation is 1. The van der Waals surface area contributed by atoms with E-state index in [1.807, 2.05) is 13.0 Å². The van der Waals surface area contributed by atoms with Crippen LogP contribution in [0, 0.1) is 6.92 Å². The smallest absolute Gasteiger partial charge is 0.233 e. The first-order valence-corrected chi connectivity index (χ1v) is 7.43. The SMILES string of the molecule is CO.Cc1cc(CC(=O)Nc2cc(C3CCCC3)[nH]n2)on1. The van der Waals surface area contributed by atoms with E-state index in [4.69, 9.17) is 9.63 Å². The van der Waals surface area contributed by atoms with Gasteiger partial charge in [-0.3, -0.25) is 9.89 Å². The third kappa shape index (κ3) is 4.17. The molecule has 2 aromatic heterocycles. The Bertz CT molecular complexity index is 599. The molecule has 0 bridgehead atoms. The molecule has 2 heterocycles. The molecule has 0 radical (unpaired) electrons. The number of aliphatic hydroxyl groups excluding tert-OH is 1. The van der Waals surface area contributed by atoms with Crippen molar-refractivity contribution in [1.82, 2.24) is 15.4 Å². The van der Waals surface area contributed by atoms with Crippen molar-refractivity contribution in [2.24, 2.45) is 0 Å². The monoisotopic (exact) mass is 306 g/mol. The lowest BCUT2D eigenvalue weighted by molar-refractivity contribution is -0.115. The molecule has 2 aromatic rings. The zero-order chi connectivity index (χ0) is 15.9. The molecule has 0 aliphatic heterocycles. The predicted octanol–water partition coefficient (Wildman–Crippen LogP) is 2.15. The lowest BCUT2D eigenvalue weighted by Gasteiger charge is -2.03. The molecule has 7 nitrogen and oxygen atoms in total. The van der Waals surface area contributed by atoms with E-state index in [1.165, 1.54) is 25.7 Å². The first-order valence-electron chi connectivity index (χ1n) is 7.43. The Morgan fingerprint density at radius 2 is 2.14 bits per heavy atom. The molecule has 0 saturated heterocycles. The van der Waals surface area contributed by atoms with Gasteiger partial charge in [-0.05, 0) is 19.8 Å². The first kappa shape index (κ1) is 16.2. The van der Waals surface area contributed by atoms with E-state index >= 15 is 0 Å². The number of aromatic amines is 1. The maximum atomic E-state index is 11.9. The highest BCUT2D eigenvalue weighted by Gasteiger charge is 2.19. The molecule has 120 valence electrons. The minimum absolute atomic E-state index is 0.148. The van der Waals surface area contributed by atoms with E-state index in [2.05, 4.69) is 20.7 Å². The summed E-state index contributed by atoms with van der Waals surface area (Å²) in [5.74, 6) is 1.55. The zero-order valence-electron chi connectivity index (χ0n) is 12.9. The van der Waals surface area contributed by atoms with Crippen LogP contribution in [0.4, 0.5) is 5.82 Å². The van der Waals surface area contributed by atoms with Gasteiger partial charge in [0.2, 0.25) is 5.91 Å². The van der Waals surface area contributed by atoms with Gasteiger partial charge in [-0.1, -0.05) is 18.0 Å². The molecule has 7 heteroatoms. The molecule has 1 saturated carbocycles. The number of rotatable bonds is 4. The Balaban J connectivity index is 0.000000847. The Morgan fingerprint density at radius 1 is 1.41 bits per heavy atom. The number of amides is 1. The number of H-pyrrole nitrogens is 1. The number of aliphatic hydroxyl groups is 1. The number of aromatic nitrogens is 3. The molecule has 3 rings (SSSR count). The predicted molar refractivity (Wildman–Crippen MR) is 81.5 cm³/mol. The Kier molecular flexibility index (Phi) is 5.71. The Labute approximate surface area is 129 Å². The Hall–Kier alpha value is -2.15. The second-order valence-electron chi connectivity index (χ2n) is 5.35. The van der Waals surface area contributed by atoms with Gasteiger partial charge in [0.25, 0.3) is 0 Å². The van der Waals surface area contributed by atoms with Gasteiger partial charge >= 0.3 is 0 Å². The largest absolute Gasteiger partial charge is 0.400 e. The van der Waals surface area contributed by atoms with Crippen LogP contribution in [-0.4, -0.2) is 33.5 Å². The van der Waals surface area contributed by atoms with Crippen molar-refractivity contribution in [2.75, 3.05) is 12.4 Å². The summed E-state index contributed by atoms with van der Waals surface area (Å²) in [6.07, 6.45) is 5.12. The zero-order valence-corrected chi connectivity index (χ0v) is 12.9. The fraction of sp³-hybridized carbons (Fsp3) is 0.533. The molecule has 1 amide bonds. The van der Waals surface area contributed by atoms with Crippen molar-refractivity contribution in [3.8, 4) is 0 Å². The highest BCUT2D eigenvalue weighted by Crippen LogP contribution is 2.33. The molecule has 3 N–H and O–H groups in total. The normalized spacial score (nSPS) is 14.5. The maximum Gasteiger partial charge on any atom is 0.233 e. The Morgan fingerprint density at radius 3 is 2.77 bits per heavy atom. The number of carbonyl (C=O) groups is 1. The van der Waals surface area contributed by atoms with Crippen molar-refractivity contribution in [3.05, 3.63) is 29.3 Å². The lowest BCUT2D eigenvalue weighted by atomic mass is 10.0. The van der Waals surface area contributed by atoms with Crippen molar-refractivity contribution in [3.63, 3.8) is 0 Å². The van der Waals surface area contributed by atoms with Crippen LogP contribution in [0.5, 0.6) is 0 Å². The van der Waals surface area contributed by atoms with Crippen molar-refractivity contribution >= 4 is 11.7 Å². The minimum Gasteiger partial charge on any atom is -0.400 e. The summed E-state index contributed by atoms with van der Waals surface area (Å²) in [6, 6.07) is 3.69. The van der Waals surface area contributed by atoms with Crippen LogP contribution in [0.2, 0.25) is 0 Å².